The molecule has 1 rings (SSSR count). The van der Waals surface area contributed by atoms with Crippen LogP contribution in [0.15, 0.2) is 5.38 Å². The highest BCUT2D eigenvalue weighted by Gasteiger charge is 2.05. The van der Waals surface area contributed by atoms with Gasteiger partial charge in [0.25, 0.3) is 0 Å². The largest absolute Gasteiger partial charge is 0.356 e. The maximum atomic E-state index is 11.4. The van der Waals surface area contributed by atoms with Gasteiger partial charge in [-0.1, -0.05) is 13.8 Å². The van der Waals surface area contributed by atoms with Crippen LogP contribution in [0.2, 0.25) is 0 Å². The Morgan fingerprint density at radius 3 is 2.94 bits per heavy atom. The minimum Gasteiger partial charge on any atom is -0.356 e. The highest BCUT2D eigenvalue weighted by atomic mass is 32.1. The van der Waals surface area contributed by atoms with E-state index in [2.05, 4.69) is 24.1 Å². The molecule has 0 radical (unpaired) electrons. The molecule has 1 aromatic rings. The van der Waals surface area contributed by atoms with E-state index in [-0.39, 0.29) is 5.91 Å². The first kappa shape index (κ1) is 13.1. The average molecular weight is 241 g/mol. The molecule has 0 aliphatic rings. The number of nitrogens with two attached hydrogens (primary N) is 1. The zero-order valence-corrected chi connectivity index (χ0v) is 10.6. The highest BCUT2D eigenvalue weighted by molar-refractivity contribution is 7.09. The topological polar surface area (TPSA) is 68.0 Å². The van der Waals surface area contributed by atoms with Crippen LogP contribution in [0.3, 0.4) is 0 Å². The Labute approximate surface area is 100 Å². The van der Waals surface area contributed by atoms with Gasteiger partial charge < -0.3 is 11.1 Å². The van der Waals surface area contributed by atoms with Crippen molar-refractivity contribution in [2.45, 2.75) is 33.2 Å². The second-order valence-electron chi connectivity index (χ2n) is 4.13. The molecule has 1 heterocycles. The molecule has 0 aliphatic heterocycles. The molecule has 0 bridgehead atoms. The van der Waals surface area contributed by atoms with Crippen molar-refractivity contribution in [3.05, 3.63) is 16.1 Å². The monoisotopic (exact) mass is 241 g/mol. The smallest absolute Gasteiger partial charge is 0.220 e. The van der Waals surface area contributed by atoms with Gasteiger partial charge >= 0.3 is 0 Å². The van der Waals surface area contributed by atoms with Gasteiger partial charge in [0.1, 0.15) is 5.01 Å². The number of rotatable bonds is 6. The van der Waals surface area contributed by atoms with Gasteiger partial charge in [0.05, 0.1) is 5.69 Å². The van der Waals surface area contributed by atoms with Crippen molar-refractivity contribution >= 4 is 17.2 Å². The summed E-state index contributed by atoms with van der Waals surface area (Å²) in [6.45, 7) is 5.37. The molecule has 0 spiro atoms. The Hall–Kier alpha value is -0.940. The van der Waals surface area contributed by atoms with Crippen LogP contribution >= 0.6 is 11.3 Å². The van der Waals surface area contributed by atoms with Crippen LogP contribution in [-0.4, -0.2) is 17.4 Å². The lowest BCUT2D eigenvalue weighted by molar-refractivity contribution is -0.121. The number of nitrogens with one attached hydrogen (secondary N) is 1. The summed E-state index contributed by atoms with van der Waals surface area (Å²) in [7, 11) is 0. The van der Waals surface area contributed by atoms with Crippen LogP contribution < -0.4 is 11.1 Å². The Bertz CT molecular complexity index is 336. The van der Waals surface area contributed by atoms with Gasteiger partial charge in [-0.2, -0.15) is 0 Å². The molecule has 0 aliphatic carbocycles. The van der Waals surface area contributed by atoms with Crippen LogP contribution in [0.25, 0.3) is 0 Å². The molecule has 0 fully saturated rings. The summed E-state index contributed by atoms with van der Waals surface area (Å²) in [5, 5.41) is 5.78. The van der Waals surface area contributed by atoms with Gasteiger partial charge in [0.2, 0.25) is 5.91 Å². The molecule has 16 heavy (non-hydrogen) atoms. The Morgan fingerprint density at radius 1 is 1.62 bits per heavy atom. The second kappa shape index (κ2) is 6.60. The molecule has 1 aromatic heterocycles. The number of aromatic nitrogens is 1. The number of carbonyl (C=O) groups excluding carboxylic acids is 1. The lowest BCUT2D eigenvalue weighted by Crippen LogP contribution is -2.27. The van der Waals surface area contributed by atoms with E-state index >= 15 is 0 Å². The number of amides is 1. The molecule has 4 nitrogen and oxygen atoms in total. The summed E-state index contributed by atoms with van der Waals surface area (Å²) in [5.74, 6) is 0.586. The zero-order chi connectivity index (χ0) is 12.0. The molecule has 0 saturated heterocycles. The average Bonchev–Trinajstić information content (AvgIpc) is 2.71. The van der Waals surface area contributed by atoms with Gasteiger partial charge in [-0.15, -0.1) is 11.3 Å². The number of nitrogens with zero attached hydrogens (tertiary/aromatic N) is 1. The van der Waals surface area contributed by atoms with Gasteiger partial charge in [0.15, 0.2) is 0 Å². The van der Waals surface area contributed by atoms with Gasteiger partial charge in [-0.3, -0.25) is 4.79 Å². The first-order valence-electron chi connectivity index (χ1n) is 5.52. The van der Waals surface area contributed by atoms with E-state index in [1.807, 2.05) is 5.38 Å². The van der Waals surface area contributed by atoms with Crippen molar-refractivity contribution in [2.24, 2.45) is 11.7 Å². The normalized spacial score (nSPS) is 10.8. The van der Waals surface area contributed by atoms with Crippen LogP contribution in [0.5, 0.6) is 0 Å². The van der Waals surface area contributed by atoms with Crippen molar-refractivity contribution in [2.75, 3.05) is 6.54 Å². The lowest BCUT2D eigenvalue weighted by Gasteiger charge is -2.06. The van der Waals surface area contributed by atoms with Crippen molar-refractivity contribution in [1.82, 2.24) is 10.3 Å². The predicted molar refractivity (Wildman–Crippen MR) is 66.2 cm³/mol. The van der Waals surface area contributed by atoms with Crippen molar-refractivity contribution in [3.8, 4) is 0 Å². The molecule has 0 saturated carbocycles. The Kier molecular flexibility index (Phi) is 5.42. The molecule has 0 aromatic carbocycles. The van der Waals surface area contributed by atoms with Crippen molar-refractivity contribution in [3.63, 3.8) is 0 Å². The molecule has 0 unspecified atom stereocenters. The van der Waals surface area contributed by atoms with E-state index in [1.165, 1.54) is 0 Å². The van der Waals surface area contributed by atoms with Crippen molar-refractivity contribution < 1.29 is 4.79 Å². The molecule has 1 amide bonds. The van der Waals surface area contributed by atoms with E-state index < -0.39 is 0 Å². The van der Waals surface area contributed by atoms with Gasteiger partial charge in [-0.05, 0) is 12.3 Å². The second-order valence-corrected chi connectivity index (χ2v) is 5.08. The summed E-state index contributed by atoms with van der Waals surface area (Å²) in [6, 6.07) is 0. The number of carbonyl (C=O) groups is 1. The molecule has 3 N–H and O–H groups in total. The summed E-state index contributed by atoms with van der Waals surface area (Å²) in [5.41, 5.74) is 6.43. The highest BCUT2D eigenvalue weighted by Crippen LogP contribution is 2.10. The van der Waals surface area contributed by atoms with Crippen molar-refractivity contribution in [1.29, 1.82) is 0 Å². The van der Waals surface area contributed by atoms with Gasteiger partial charge in [0, 0.05) is 24.9 Å². The van der Waals surface area contributed by atoms with E-state index in [9.17, 15) is 4.79 Å². The lowest BCUT2D eigenvalue weighted by atomic mass is 10.2. The van der Waals surface area contributed by atoms with Crippen LogP contribution in [0, 0.1) is 5.92 Å². The summed E-state index contributed by atoms with van der Waals surface area (Å²) in [4.78, 5) is 15.7. The number of aryl methyl sites for hydroxylation is 1. The first-order valence-corrected chi connectivity index (χ1v) is 6.39. The van der Waals surface area contributed by atoms with E-state index in [0.717, 1.165) is 17.2 Å². The molecular formula is C11H19N3OS. The number of thiazole rings is 1. The molecule has 0 atom stereocenters. The fraction of sp³-hybridized carbons (Fsp3) is 0.636. The standard InChI is InChI=1S/C11H19N3OS/c1-8(2)6-13-10(15)4-3-9-7-16-11(5-12)14-9/h7-8H,3-6,12H2,1-2H3,(H,13,15). The summed E-state index contributed by atoms with van der Waals surface area (Å²) < 4.78 is 0. The van der Waals surface area contributed by atoms with Crippen LogP contribution in [0.1, 0.15) is 31.0 Å². The maximum absolute atomic E-state index is 11.4. The van der Waals surface area contributed by atoms with E-state index in [0.29, 0.717) is 25.3 Å². The fourth-order valence-electron chi connectivity index (χ4n) is 1.21. The maximum Gasteiger partial charge on any atom is 0.220 e. The third kappa shape index (κ3) is 4.72. The molecule has 5 heteroatoms. The third-order valence-corrected chi connectivity index (χ3v) is 3.01. The summed E-state index contributed by atoms with van der Waals surface area (Å²) >= 11 is 1.55. The number of hydrogen-bond acceptors (Lipinski definition) is 4. The first-order chi connectivity index (χ1) is 7.61. The fourth-order valence-corrected chi connectivity index (χ4v) is 1.91. The minimum absolute atomic E-state index is 0.0935. The zero-order valence-electron chi connectivity index (χ0n) is 9.82. The Balaban J connectivity index is 2.26. The molecule has 90 valence electrons. The summed E-state index contributed by atoms with van der Waals surface area (Å²) in [6.07, 6.45) is 1.20. The minimum atomic E-state index is 0.0935. The number of hydrogen-bond donors (Lipinski definition) is 2. The van der Waals surface area contributed by atoms with E-state index in [4.69, 9.17) is 5.73 Å². The third-order valence-electron chi connectivity index (χ3n) is 2.09. The van der Waals surface area contributed by atoms with Crippen LogP contribution in [-0.2, 0) is 17.8 Å². The SMILES string of the molecule is CC(C)CNC(=O)CCc1csc(CN)n1. The van der Waals surface area contributed by atoms with Gasteiger partial charge in [-0.25, -0.2) is 4.98 Å². The van der Waals surface area contributed by atoms with Crippen LogP contribution in [0.4, 0.5) is 0 Å². The molecular weight excluding hydrogens is 222 g/mol. The van der Waals surface area contributed by atoms with E-state index in [1.54, 1.807) is 11.3 Å². The predicted octanol–water partition coefficient (Wildman–Crippen LogP) is 1.31. The Morgan fingerprint density at radius 2 is 2.38 bits per heavy atom. The quantitative estimate of drug-likeness (QED) is 0.789.